The number of Topliss-reactive ketones (excluding diaryl/α,β-unsaturated/α-hetero) is 1. The van der Waals surface area contributed by atoms with Crippen molar-refractivity contribution in [1.82, 2.24) is 4.90 Å². The number of carbonyl (C=O) groups is 2. The number of nitrogens with zero attached hydrogens (tertiary/aromatic N) is 1. The average Bonchev–Trinajstić information content (AvgIpc) is 2.41. The summed E-state index contributed by atoms with van der Waals surface area (Å²) < 4.78 is 0. The third-order valence-corrected chi connectivity index (χ3v) is 2.52. The van der Waals surface area contributed by atoms with E-state index in [9.17, 15) is 9.59 Å². The minimum Gasteiger partial charge on any atom is -0.332 e. The van der Waals surface area contributed by atoms with Gasteiger partial charge in [-0.15, -0.1) is 0 Å². The normalized spacial score (nSPS) is 19.7. The van der Waals surface area contributed by atoms with E-state index in [2.05, 4.69) is 6.92 Å². The van der Waals surface area contributed by atoms with Crippen LogP contribution in [0.3, 0.4) is 0 Å². The lowest BCUT2D eigenvalue weighted by molar-refractivity contribution is -0.129. The molecule has 1 unspecified atom stereocenters. The van der Waals surface area contributed by atoms with E-state index >= 15 is 0 Å². The fraction of sp³-hybridized carbons (Fsp3) is 0.800. The van der Waals surface area contributed by atoms with E-state index in [1.165, 1.54) is 0 Å². The summed E-state index contributed by atoms with van der Waals surface area (Å²) in [4.78, 5) is 24.0. The van der Waals surface area contributed by atoms with Crippen LogP contribution in [0.4, 0.5) is 0 Å². The molecule has 13 heavy (non-hydrogen) atoms. The van der Waals surface area contributed by atoms with Gasteiger partial charge in [-0.2, -0.15) is 0 Å². The number of ketones is 1. The standard InChI is InChI=1S/C10H17NO2/c1-3-4-5-8(2)11-7-9(12)6-10(11)13/h8H,3-7H2,1-2H3. The summed E-state index contributed by atoms with van der Waals surface area (Å²) in [6.07, 6.45) is 3.39. The number of likely N-dealkylation sites (tertiary alicyclic amines) is 1. The Morgan fingerprint density at radius 3 is 2.62 bits per heavy atom. The van der Waals surface area contributed by atoms with Crippen LogP contribution in [-0.4, -0.2) is 29.2 Å². The van der Waals surface area contributed by atoms with Crippen LogP contribution in [0.15, 0.2) is 0 Å². The molecule has 1 aliphatic rings. The Morgan fingerprint density at radius 2 is 2.15 bits per heavy atom. The molecule has 74 valence electrons. The fourth-order valence-electron chi connectivity index (χ4n) is 1.66. The molecule has 0 saturated carbocycles. The number of amides is 1. The van der Waals surface area contributed by atoms with Crippen molar-refractivity contribution in [1.29, 1.82) is 0 Å². The van der Waals surface area contributed by atoms with Crippen molar-refractivity contribution in [2.45, 2.75) is 45.6 Å². The molecule has 3 heteroatoms. The van der Waals surface area contributed by atoms with Crippen LogP contribution in [0.1, 0.15) is 39.5 Å². The zero-order valence-electron chi connectivity index (χ0n) is 8.38. The lowest BCUT2D eigenvalue weighted by Crippen LogP contribution is -2.34. The van der Waals surface area contributed by atoms with E-state index in [0.717, 1.165) is 19.3 Å². The zero-order valence-corrected chi connectivity index (χ0v) is 8.38. The molecular weight excluding hydrogens is 166 g/mol. The van der Waals surface area contributed by atoms with E-state index in [-0.39, 0.29) is 24.2 Å². The fourth-order valence-corrected chi connectivity index (χ4v) is 1.66. The number of carbonyl (C=O) groups excluding carboxylic acids is 2. The maximum absolute atomic E-state index is 11.3. The third kappa shape index (κ3) is 2.54. The number of hydrogen-bond acceptors (Lipinski definition) is 2. The first-order valence-electron chi connectivity index (χ1n) is 4.96. The van der Waals surface area contributed by atoms with Crippen LogP contribution >= 0.6 is 0 Å². The van der Waals surface area contributed by atoms with Crippen LogP contribution in [-0.2, 0) is 9.59 Å². The molecule has 1 fully saturated rings. The van der Waals surface area contributed by atoms with Gasteiger partial charge in [0.05, 0.1) is 13.0 Å². The summed E-state index contributed by atoms with van der Waals surface area (Å²) in [6.45, 7) is 4.49. The first-order chi connectivity index (χ1) is 6.15. The molecule has 1 amide bonds. The first-order valence-corrected chi connectivity index (χ1v) is 4.96. The van der Waals surface area contributed by atoms with Crippen LogP contribution in [0.2, 0.25) is 0 Å². The Morgan fingerprint density at radius 1 is 1.46 bits per heavy atom. The highest BCUT2D eigenvalue weighted by molar-refractivity contribution is 6.05. The molecule has 1 atom stereocenters. The second-order valence-electron chi connectivity index (χ2n) is 3.73. The van der Waals surface area contributed by atoms with Gasteiger partial charge < -0.3 is 4.90 Å². The van der Waals surface area contributed by atoms with Crippen molar-refractivity contribution in [2.24, 2.45) is 0 Å². The van der Waals surface area contributed by atoms with Gasteiger partial charge in [0.1, 0.15) is 0 Å². The highest BCUT2D eigenvalue weighted by Crippen LogP contribution is 2.14. The van der Waals surface area contributed by atoms with Gasteiger partial charge in [-0.3, -0.25) is 9.59 Å². The zero-order chi connectivity index (χ0) is 9.84. The van der Waals surface area contributed by atoms with Crippen LogP contribution < -0.4 is 0 Å². The maximum Gasteiger partial charge on any atom is 0.230 e. The molecule has 0 aromatic heterocycles. The lowest BCUT2D eigenvalue weighted by atomic mass is 10.1. The molecule has 0 bridgehead atoms. The molecule has 3 nitrogen and oxygen atoms in total. The van der Waals surface area contributed by atoms with E-state index in [0.29, 0.717) is 6.54 Å². The van der Waals surface area contributed by atoms with E-state index in [4.69, 9.17) is 0 Å². The van der Waals surface area contributed by atoms with Crippen molar-refractivity contribution in [3.8, 4) is 0 Å². The van der Waals surface area contributed by atoms with Crippen LogP contribution in [0, 0.1) is 0 Å². The quantitative estimate of drug-likeness (QED) is 0.617. The molecule has 0 aromatic rings. The predicted octanol–water partition coefficient (Wildman–Crippen LogP) is 1.37. The highest BCUT2D eigenvalue weighted by atomic mass is 16.2. The summed E-state index contributed by atoms with van der Waals surface area (Å²) in [5.41, 5.74) is 0. The Hall–Kier alpha value is -0.860. The second kappa shape index (κ2) is 4.40. The summed E-state index contributed by atoms with van der Waals surface area (Å²) in [5, 5.41) is 0. The van der Waals surface area contributed by atoms with E-state index in [1.807, 2.05) is 6.92 Å². The lowest BCUT2D eigenvalue weighted by Gasteiger charge is -2.22. The van der Waals surface area contributed by atoms with Crippen molar-refractivity contribution in [2.75, 3.05) is 6.54 Å². The Balaban J connectivity index is 2.42. The second-order valence-corrected chi connectivity index (χ2v) is 3.73. The summed E-state index contributed by atoms with van der Waals surface area (Å²) >= 11 is 0. The third-order valence-electron chi connectivity index (χ3n) is 2.52. The number of unbranched alkanes of at least 4 members (excludes halogenated alkanes) is 1. The molecule has 0 aromatic carbocycles. The number of hydrogen-bond donors (Lipinski definition) is 0. The van der Waals surface area contributed by atoms with Gasteiger partial charge in [-0.05, 0) is 13.3 Å². The molecule has 1 rings (SSSR count). The van der Waals surface area contributed by atoms with Gasteiger partial charge in [0.15, 0.2) is 5.78 Å². The maximum atomic E-state index is 11.3. The SMILES string of the molecule is CCCCC(C)N1CC(=O)CC1=O. The molecule has 0 spiro atoms. The van der Waals surface area contributed by atoms with Gasteiger partial charge in [-0.1, -0.05) is 19.8 Å². The van der Waals surface area contributed by atoms with E-state index < -0.39 is 0 Å². The molecule has 1 heterocycles. The van der Waals surface area contributed by atoms with Crippen molar-refractivity contribution in [3.63, 3.8) is 0 Å². The Labute approximate surface area is 79.1 Å². The molecular formula is C10H17NO2. The van der Waals surface area contributed by atoms with Gasteiger partial charge in [-0.25, -0.2) is 0 Å². The van der Waals surface area contributed by atoms with Gasteiger partial charge >= 0.3 is 0 Å². The molecule has 0 radical (unpaired) electrons. The van der Waals surface area contributed by atoms with Gasteiger partial charge in [0.25, 0.3) is 0 Å². The van der Waals surface area contributed by atoms with E-state index in [1.54, 1.807) is 4.90 Å². The molecule has 0 aliphatic carbocycles. The highest BCUT2D eigenvalue weighted by Gasteiger charge is 2.30. The monoisotopic (exact) mass is 183 g/mol. The molecule has 1 aliphatic heterocycles. The van der Waals surface area contributed by atoms with Crippen molar-refractivity contribution < 1.29 is 9.59 Å². The minimum absolute atomic E-state index is 0.00797. The first kappa shape index (κ1) is 10.2. The largest absolute Gasteiger partial charge is 0.332 e. The Kier molecular flexibility index (Phi) is 3.46. The number of rotatable bonds is 4. The average molecular weight is 183 g/mol. The summed E-state index contributed by atoms with van der Waals surface area (Å²) in [5.74, 6) is 0.0713. The summed E-state index contributed by atoms with van der Waals surface area (Å²) in [6, 6.07) is 0.235. The summed E-state index contributed by atoms with van der Waals surface area (Å²) in [7, 11) is 0. The minimum atomic E-state index is 0.00797. The smallest absolute Gasteiger partial charge is 0.230 e. The topological polar surface area (TPSA) is 37.4 Å². The van der Waals surface area contributed by atoms with Crippen molar-refractivity contribution in [3.05, 3.63) is 0 Å². The molecule has 1 saturated heterocycles. The van der Waals surface area contributed by atoms with Crippen LogP contribution in [0.5, 0.6) is 0 Å². The predicted molar refractivity (Wildman–Crippen MR) is 50.3 cm³/mol. The van der Waals surface area contributed by atoms with Crippen molar-refractivity contribution >= 4 is 11.7 Å². The molecule has 0 N–H and O–H groups in total. The van der Waals surface area contributed by atoms with Gasteiger partial charge in [0, 0.05) is 6.04 Å². The van der Waals surface area contributed by atoms with Crippen LogP contribution in [0.25, 0.3) is 0 Å². The Bertz CT molecular complexity index is 213. The van der Waals surface area contributed by atoms with Gasteiger partial charge in [0.2, 0.25) is 5.91 Å².